The van der Waals surface area contributed by atoms with Gasteiger partial charge in [-0.1, -0.05) is 28.1 Å². The van der Waals surface area contributed by atoms with Gasteiger partial charge in [0.1, 0.15) is 5.75 Å². The summed E-state index contributed by atoms with van der Waals surface area (Å²) < 4.78 is 25.2. The Bertz CT molecular complexity index is 622. The fourth-order valence-corrected chi connectivity index (χ4v) is 4.12. The van der Waals surface area contributed by atoms with Crippen molar-refractivity contribution in [2.45, 2.75) is 37.6 Å². The molecule has 2 N–H and O–H groups in total. The van der Waals surface area contributed by atoms with Crippen LogP contribution in [0.3, 0.4) is 0 Å². The zero-order valence-corrected chi connectivity index (χ0v) is 16.1. The van der Waals surface area contributed by atoms with Gasteiger partial charge in [-0.05, 0) is 44.0 Å². The summed E-state index contributed by atoms with van der Waals surface area (Å²) in [6.07, 6.45) is 1.87. The molecule has 0 saturated carbocycles. The zero-order chi connectivity index (χ0) is 16.2. The number of sulfone groups is 1. The Labute approximate surface area is 152 Å². The Kier molecular flexibility index (Phi) is 8.00. The SMILES string of the molecule is CC1NCCCC1NC(=O)CS(=O)(=O)Cc1ccc(Br)cc1.Cl. The van der Waals surface area contributed by atoms with Crippen LogP contribution in [0.5, 0.6) is 0 Å². The molecule has 1 heterocycles. The Morgan fingerprint density at radius 2 is 2.00 bits per heavy atom. The fourth-order valence-electron chi connectivity index (χ4n) is 2.57. The van der Waals surface area contributed by atoms with Crippen LogP contribution in [0.25, 0.3) is 0 Å². The molecule has 0 aliphatic carbocycles. The average Bonchev–Trinajstić information content (AvgIpc) is 2.43. The normalized spacial score (nSPS) is 21.3. The molecule has 2 unspecified atom stereocenters. The van der Waals surface area contributed by atoms with Crippen LogP contribution >= 0.6 is 28.3 Å². The lowest BCUT2D eigenvalue weighted by atomic mass is 10.00. The van der Waals surface area contributed by atoms with Gasteiger partial charge in [-0.15, -0.1) is 12.4 Å². The van der Waals surface area contributed by atoms with E-state index >= 15 is 0 Å². The standard InChI is InChI=1S/C15H21BrN2O3S.ClH/c1-11-14(3-2-8-17-11)18-15(19)10-22(20,21)9-12-4-6-13(16)7-5-12;/h4-7,11,14,17H,2-3,8-10H2,1H3,(H,18,19);1H. The van der Waals surface area contributed by atoms with Gasteiger partial charge in [0.25, 0.3) is 0 Å². The first-order valence-corrected chi connectivity index (χ1v) is 9.95. The summed E-state index contributed by atoms with van der Waals surface area (Å²) in [5.74, 6) is -1.00. The minimum atomic E-state index is -3.46. The van der Waals surface area contributed by atoms with Crippen molar-refractivity contribution in [1.29, 1.82) is 0 Å². The lowest BCUT2D eigenvalue weighted by Gasteiger charge is -2.30. The van der Waals surface area contributed by atoms with E-state index < -0.39 is 21.5 Å². The number of halogens is 2. The molecule has 1 aliphatic rings. The van der Waals surface area contributed by atoms with Crippen molar-refractivity contribution >= 4 is 44.1 Å². The summed E-state index contributed by atoms with van der Waals surface area (Å²) in [6, 6.07) is 7.25. The van der Waals surface area contributed by atoms with E-state index in [1.54, 1.807) is 24.3 Å². The average molecular weight is 426 g/mol. The Morgan fingerprint density at radius 3 is 2.61 bits per heavy atom. The minimum absolute atomic E-state index is 0. The monoisotopic (exact) mass is 424 g/mol. The van der Waals surface area contributed by atoms with Crippen molar-refractivity contribution < 1.29 is 13.2 Å². The van der Waals surface area contributed by atoms with E-state index in [4.69, 9.17) is 0 Å². The molecular formula is C15H22BrClN2O3S. The topological polar surface area (TPSA) is 75.3 Å². The summed E-state index contributed by atoms with van der Waals surface area (Å²) in [6.45, 7) is 2.94. The number of rotatable bonds is 5. The molecule has 8 heteroatoms. The number of nitrogens with one attached hydrogen (secondary N) is 2. The van der Waals surface area contributed by atoms with Crippen LogP contribution in [-0.2, 0) is 20.4 Å². The van der Waals surface area contributed by atoms with E-state index in [0.717, 1.165) is 23.9 Å². The second-order valence-electron chi connectivity index (χ2n) is 5.72. The molecule has 2 rings (SSSR count). The second-order valence-corrected chi connectivity index (χ2v) is 8.70. The molecule has 0 bridgehead atoms. The predicted molar refractivity (Wildman–Crippen MR) is 97.5 cm³/mol. The molecular weight excluding hydrogens is 404 g/mol. The van der Waals surface area contributed by atoms with Crippen LogP contribution in [0.15, 0.2) is 28.7 Å². The van der Waals surface area contributed by atoms with Crippen molar-refractivity contribution in [1.82, 2.24) is 10.6 Å². The van der Waals surface area contributed by atoms with Gasteiger partial charge in [0.2, 0.25) is 5.91 Å². The number of piperidine rings is 1. The van der Waals surface area contributed by atoms with Gasteiger partial charge in [0.15, 0.2) is 9.84 Å². The molecule has 1 aromatic rings. The highest BCUT2D eigenvalue weighted by Crippen LogP contribution is 2.13. The van der Waals surface area contributed by atoms with Crippen LogP contribution in [0.2, 0.25) is 0 Å². The molecule has 2 atom stereocenters. The molecule has 1 fully saturated rings. The summed E-state index contributed by atoms with van der Waals surface area (Å²) in [5.41, 5.74) is 0.684. The third kappa shape index (κ3) is 6.79. The van der Waals surface area contributed by atoms with Crippen molar-refractivity contribution in [3.8, 4) is 0 Å². The first kappa shape index (κ1) is 20.4. The number of amides is 1. The number of carbonyl (C=O) groups excluding carboxylic acids is 1. The zero-order valence-electron chi connectivity index (χ0n) is 12.9. The molecule has 0 aromatic heterocycles. The maximum Gasteiger partial charge on any atom is 0.235 e. The molecule has 0 radical (unpaired) electrons. The van der Waals surface area contributed by atoms with E-state index in [1.165, 1.54) is 0 Å². The van der Waals surface area contributed by atoms with E-state index in [2.05, 4.69) is 26.6 Å². The molecule has 130 valence electrons. The van der Waals surface area contributed by atoms with Crippen LogP contribution in [0.4, 0.5) is 0 Å². The number of hydrogen-bond acceptors (Lipinski definition) is 4. The van der Waals surface area contributed by atoms with Gasteiger partial charge in [-0.3, -0.25) is 4.79 Å². The molecule has 1 amide bonds. The number of carbonyl (C=O) groups is 1. The molecule has 0 spiro atoms. The molecule has 23 heavy (non-hydrogen) atoms. The van der Waals surface area contributed by atoms with E-state index in [1.807, 2.05) is 6.92 Å². The highest BCUT2D eigenvalue weighted by atomic mass is 79.9. The van der Waals surface area contributed by atoms with E-state index in [0.29, 0.717) is 5.56 Å². The number of benzene rings is 1. The highest BCUT2D eigenvalue weighted by molar-refractivity contribution is 9.10. The van der Waals surface area contributed by atoms with Crippen LogP contribution < -0.4 is 10.6 Å². The highest BCUT2D eigenvalue weighted by Gasteiger charge is 2.25. The summed E-state index contributed by atoms with van der Waals surface area (Å²) in [5, 5.41) is 6.11. The predicted octanol–water partition coefficient (Wildman–Crippen LogP) is 2.04. The van der Waals surface area contributed by atoms with E-state index in [-0.39, 0.29) is 30.2 Å². The Morgan fingerprint density at radius 1 is 1.35 bits per heavy atom. The summed E-state index contributed by atoms with van der Waals surface area (Å²) >= 11 is 3.31. The van der Waals surface area contributed by atoms with Crippen LogP contribution in [0.1, 0.15) is 25.3 Å². The fraction of sp³-hybridized carbons (Fsp3) is 0.533. The maximum atomic E-state index is 12.1. The Balaban J connectivity index is 0.00000264. The third-order valence-electron chi connectivity index (χ3n) is 3.76. The molecule has 1 saturated heterocycles. The minimum Gasteiger partial charge on any atom is -0.351 e. The van der Waals surface area contributed by atoms with Gasteiger partial charge in [0, 0.05) is 16.6 Å². The first-order valence-electron chi connectivity index (χ1n) is 7.33. The summed E-state index contributed by atoms with van der Waals surface area (Å²) in [7, 11) is -3.46. The molecule has 1 aliphatic heterocycles. The van der Waals surface area contributed by atoms with Gasteiger partial charge in [0.05, 0.1) is 5.75 Å². The lowest BCUT2D eigenvalue weighted by molar-refractivity contribution is -0.119. The summed E-state index contributed by atoms with van der Waals surface area (Å²) in [4.78, 5) is 12.0. The van der Waals surface area contributed by atoms with E-state index in [9.17, 15) is 13.2 Å². The van der Waals surface area contributed by atoms with Gasteiger partial charge < -0.3 is 10.6 Å². The first-order chi connectivity index (χ1) is 10.4. The second kappa shape index (κ2) is 9.01. The molecule has 5 nitrogen and oxygen atoms in total. The van der Waals surface area contributed by atoms with Gasteiger partial charge in [-0.2, -0.15) is 0 Å². The van der Waals surface area contributed by atoms with Crippen molar-refractivity contribution in [3.05, 3.63) is 34.3 Å². The van der Waals surface area contributed by atoms with Gasteiger partial charge >= 0.3 is 0 Å². The van der Waals surface area contributed by atoms with Crippen molar-refractivity contribution in [3.63, 3.8) is 0 Å². The van der Waals surface area contributed by atoms with Crippen LogP contribution in [0, 0.1) is 0 Å². The third-order valence-corrected chi connectivity index (χ3v) is 5.76. The maximum absolute atomic E-state index is 12.1. The van der Waals surface area contributed by atoms with Crippen molar-refractivity contribution in [2.24, 2.45) is 0 Å². The quantitative estimate of drug-likeness (QED) is 0.757. The van der Waals surface area contributed by atoms with Crippen LogP contribution in [-0.4, -0.2) is 38.7 Å². The van der Waals surface area contributed by atoms with Gasteiger partial charge in [-0.25, -0.2) is 8.42 Å². The number of hydrogen-bond donors (Lipinski definition) is 2. The molecule has 1 aromatic carbocycles. The largest absolute Gasteiger partial charge is 0.351 e. The lowest BCUT2D eigenvalue weighted by Crippen LogP contribution is -2.52. The van der Waals surface area contributed by atoms with Crippen molar-refractivity contribution in [2.75, 3.05) is 12.3 Å². The smallest absolute Gasteiger partial charge is 0.235 e. The Hall–Kier alpha value is -0.630.